The van der Waals surface area contributed by atoms with Crippen LogP contribution in [0.5, 0.6) is 0 Å². The van der Waals surface area contributed by atoms with Gasteiger partial charge in [0.25, 0.3) is 0 Å². The number of rotatable bonds is 1. The van der Waals surface area contributed by atoms with Crippen LogP contribution in [0, 0.1) is 0 Å². The standard InChI is InChI=1S/C3H6O3.Hg/c1-2(4)3(5)6;/h2,4H,1H3,(H,5,6);/q;+2. The van der Waals surface area contributed by atoms with E-state index in [1.165, 1.54) is 6.92 Å². The molecule has 1 atom stereocenters. The molecule has 0 saturated carbocycles. The van der Waals surface area contributed by atoms with Crippen LogP contribution in [0.1, 0.15) is 6.92 Å². The molecule has 7 heavy (non-hydrogen) atoms. The van der Waals surface area contributed by atoms with Gasteiger partial charge in [-0.25, -0.2) is 4.79 Å². The van der Waals surface area contributed by atoms with Crippen LogP contribution in [-0.2, 0) is 32.5 Å². The second-order valence-electron chi connectivity index (χ2n) is 1.01. The van der Waals surface area contributed by atoms with Gasteiger partial charge in [0.15, 0.2) is 0 Å². The molecule has 4 heteroatoms. The quantitative estimate of drug-likeness (QED) is 0.637. The maximum atomic E-state index is 9.45. The van der Waals surface area contributed by atoms with Crippen LogP contribution in [0.4, 0.5) is 0 Å². The maximum absolute atomic E-state index is 9.45. The molecule has 36 valence electrons. The fourth-order valence-corrected chi connectivity index (χ4v) is 0. The molecule has 0 aromatic carbocycles. The van der Waals surface area contributed by atoms with Gasteiger partial charge in [0.05, 0.1) is 0 Å². The van der Waals surface area contributed by atoms with Crippen LogP contribution < -0.4 is 0 Å². The molecular weight excluding hydrogens is 285 g/mol. The Morgan fingerprint density at radius 1 is 1.71 bits per heavy atom. The third-order valence-electron chi connectivity index (χ3n) is 0.357. The molecule has 0 fully saturated rings. The molecular formula is C3H6HgO3+2. The molecule has 3 nitrogen and oxygen atoms in total. The van der Waals surface area contributed by atoms with E-state index in [1.54, 1.807) is 0 Å². The van der Waals surface area contributed by atoms with Crippen LogP contribution in [0.15, 0.2) is 0 Å². The molecule has 0 saturated heterocycles. The molecule has 0 aliphatic rings. The molecule has 0 aliphatic carbocycles. The van der Waals surface area contributed by atoms with E-state index >= 15 is 0 Å². The van der Waals surface area contributed by atoms with Crippen molar-refractivity contribution in [2.75, 3.05) is 0 Å². The number of carboxylic acids is 1. The summed E-state index contributed by atoms with van der Waals surface area (Å²) < 4.78 is 0. The van der Waals surface area contributed by atoms with E-state index in [9.17, 15) is 4.79 Å². The topological polar surface area (TPSA) is 57.5 Å². The minimum atomic E-state index is -1.23. The monoisotopic (exact) mass is 292 g/mol. The van der Waals surface area contributed by atoms with Crippen molar-refractivity contribution in [1.82, 2.24) is 0 Å². The number of aliphatic hydroxyl groups is 1. The molecule has 0 rings (SSSR count). The summed E-state index contributed by atoms with van der Waals surface area (Å²) in [5.41, 5.74) is 0. The molecule has 0 bridgehead atoms. The zero-order valence-electron chi connectivity index (χ0n) is 4.09. The average Bonchev–Trinajstić information content (AvgIpc) is 1.36. The largest absolute Gasteiger partial charge is 2.00 e. The smallest absolute Gasteiger partial charge is 0.479 e. The molecule has 0 heterocycles. The molecule has 0 radical (unpaired) electrons. The molecule has 0 amide bonds. The van der Waals surface area contributed by atoms with Crippen LogP contribution in [0.2, 0.25) is 0 Å². The van der Waals surface area contributed by atoms with Crippen LogP contribution in [0.25, 0.3) is 0 Å². The minimum Gasteiger partial charge on any atom is -0.479 e. The van der Waals surface area contributed by atoms with Crippen LogP contribution >= 0.6 is 0 Å². The van der Waals surface area contributed by atoms with E-state index in [2.05, 4.69) is 0 Å². The number of hydrogen-bond acceptors (Lipinski definition) is 2. The fourth-order valence-electron chi connectivity index (χ4n) is 0. The molecule has 2 N–H and O–H groups in total. The SMILES string of the molecule is CC(O)C(=O)O.[Hg+2]. The van der Waals surface area contributed by atoms with Gasteiger partial charge in [0.1, 0.15) is 6.10 Å². The normalized spacial score (nSPS) is 11.7. The number of carboxylic acid groups (broad SMARTS) is 1. The van der Waals surface area contributed by atoms with Crippen molar-refractivity contribution in [1.29, 1.82) is 0 Å². The molecule has 0 spiro atoms. The van der Waals surface area contributed by atoms with E-state index < -0.39 is 12.1 Å². The van der Waals surface area contributed by atoms with Gasteiger partial charge < -0.3 is 10.2 Å². The number of aliphatic carboxylic acids is 1. The third kappa shape index (κ3) is 6.37. The third-order valence-corrected chi connectivity index (χ3v) is 0.357. The predicted molar refractivity (Wildman–Crippen MR) is 19.3 cm³/mol. The van der Waals surface area contributed by atoms with Crippen molar-refractivity contribution < 1.29 is 42.7 Å². The summed E-state index contributed by atoms with van der Waals surface area (Å²) >= 11 is 0. The Hall–Kier alpha value is 0.365. The Bertz CT molecular complexity index is 61.2. The Balaban J connectivity index is 0. The molecule has 1 unspecified atom stereocenters. The van der Waals surface area contributed by atoms with E-state index in [0.29, 0.717) is 0 Å². The summed E-state index contributed by atoms with van der Waals surface area (Å²) in [7, 11) is 0. The first-order valence-corrected chi connectivity index (χ1v) is 1.55. The number of carbonyl (C=O) groups is 1. The van der Waals surface area contributed by atoms with Crippen molar-refractivity contribution >= 4 is 5.97 Å². The first-order valence-electron chi connectivity index (χ1n) is 1.55. The summed E-state index contributed by atoms with van der Waals surface area (Å²) in [4.78, 5) is 9.45. The second-order valence-corrected chi connectivity index (χ2v) is 1.01. The van der Waals surface area contributed by atoms with Gasteiger partial charge in [-0.05, 0) is 6.92 Å². The molecule has 0 aliphatic heterocycles. The van der Waals surface area contributed by atoms with Gasteiger partial charge in [-0.2, -0.15) is 0 Å². The zero-order chi connectivity index (χ0) is 5.15. The van der Waals surface area contributed by atoms with E-state index in [1.807, 2.05) is 0 Å². The molecule has 0 aromatic rings. The second kappa shape index (κ2) is 4.52. The zero-order valence-corrected chi connectivity index (χ0v) is 9.58. The maximum Gasteiger partial charge on any atom is 2.00 e. The summed E-state index contributed by atoms with van der Waals surface area (Å²) in [6.07, 6.45) is -1.23. The summed E-state index contributed by atoms with van der Waals surface area (Å²) in [6, 6.07) is 0. The number of hydrogen-bond donors (Lipinski definition) is 2. The van der Waals surface area contributed by atoms with Crippen molar-refractivity contribution in [3.63, 3.8) is 0 Å². The Kier molecular flexibility index (Phi) is 6.70. The predicted octanol–water partition coefficient (Wildman–Crippen LogP) is -0.551. The summed E-state index contributed by atoms with van der Waals surface area (Å²) in [5, 5.41) is 15.8. The van der Waals surface area contributed by atoms with Gasteiger partial charge in [0, 0.05) is 0 Å². The van der Waals surface area contributed by atoms with Crippen molar-refractivity contribution in [2.45, 2.75) is 13.0 Å². The van der Waals surface area contributed by atoms with Crippen molar-refractivity contribution in [3.05, 3.63) is 0 Å². The Morgan fingerprint density at radius 2 is 1.86 bits per heavy atom. The minimum absolute atomic E-state index is 0. The van der Waals surface area contributed by atoms with Gasteiger partial charge in [-0.3, -0.25) is 0 Å². The first kappa shape index (κ1) is 10.4. The number of aliphatic hydroxyl groups excluding tert-OH is 1. The van der Waals surface area contributed by atoms with Gasteiger partial charge in [-0.1, -0.05) is 0 Å². The van der Waals surface area contributed by atoms with Gasteiger partial charge in [0.2, 0.25) is 0 Å². The van der Waals surface area contributed by atoms with E-state index in [0.717, 1.165) is 0 Å². The van der Waals surface area contributed by atoms with E-state index in [-0.39, 0.29) is 27.7 Å². The van der Waals surface area contributed by atoms with Crippen LogP contribution in [0.3, 0.4) is 0 Å². The van der Waals surface area contributed by atoms with E-state index in [4.69, 9.17) is 10.2 Å². The fraction of sp³-hybridized carbons (Fsp3) is 0.667. The Labute approximate surface area is 61.9 Å². The van der Waals surface area contributed by atoms with Crippen molar-refractivity contribution in [2.24, 2.45) is 0 Å². The average molecular weight is 291 g/mol. The van der Waals surface area contributed by atoms with Gasteiger partial charge in [-0.15, -0.1) is 0 Å². The van der Waals surface area contributed by atoms with Crippen molar-refractivity contribution in [3.8, 4) is 0 Å². The van der Waals surface area contributed by atoms with Crippen LogP contribution in [-0.4, -0.2) is 22.3 Å². The van der Waals surface area contributed by atoms with Gasteiger partial charge >= 0.3 is 33.6 Å². The summed E-state index contributed by atoms with van der Waals surface area (Å²) in [5.74, 6) is -1.19. The summed E-state index contributed by atoms with van der Waals surface area (Å²) in [6.45, 7) is 1.20. The molecule has 0 aromatic heterocycles. The first-order chi connectivity index (χ1) is 2.64. The Morgan fingerprint density at radius 3 is 1.86 bits per heavy atom.